The lowest BCUT2D eigenvalue weighted by Crippen LogP contribution is -2.43. The molecule has 1 N–H and O–H groups in total. The number of piperidine rings is 1. The fraction of sp³-hybridized carbons (Fsp3) is 0.625. The lowest BCUT2D eigenvalue weighted by molar-refractivity contribution is 0.0840. The third-order valence-electron chi connectivity index (χ3n) is 4.56. The Hall–Kier alpha value is -0.0900. The maximum Gasteiger partial charge on any atom is 0.0417 e. The van der Waals surface area contributed by atoms with Gasteiger partial charge in [0.05, 0.1) is 0 Å². The smallest absolute Gasteiger partial charge is 0.0417 e. The van der Waals surface area contributed by atoms with Crippen molar-refractivity contribution >= 4 is 27.5 Å². The summed E-state index contributed by atoms with van der Waals surface area (Å²) in [4.78, 5) is 2.74. The van der Waals surface area contributed by atoms with Crippen LogP contribution in [0.3, 0.4) is 0 Å². The third-order valence-corrected chi connectivity index (χ3v) is 5.48. The molecule has 1 heterocycles. The van der Waals surface area contributed by atoms with E-state index in [2.05, 4.69) is 39.3 Å². The van der Waals surface area contributed by atoms with Crippen molar-refractivity contribution in [2.24, 2.45) is 5.92 Å². The standard InChI is InChI=1S/C16H22BrClN2/c1-19-10-11-3-2-8-20(13-5-6-13)16(11)14-7-4-12(18)9-15(14)17/h4,7,9,11,13,16,19H,2-3,5-6,8,10H2,1H3. The highest BCUT2D eigenvalue weighted by Crippen LogP contribution is 2.44. The SMILES string of the molecule is CNCC1CCCN(C2CC2)C1c1ccc(Cl)cc1Br. The normalized spacial score (nSPS) is 27.8. The molecule has 1 aromatic rings. The van der Waals surface area contributed by atoms with Crippen molar-refractivity contribution in [2.75, 3.05) is 20.1 Å². The molecule has 2 nitrogen and oxygen atoms in total. The molecule has 0 radical (unpaired) electrons. The summed E-state index contributed by atoms with van der Waals surface area (Å²) in [5.74, 6) is 0.687. The van der Waals surface area contributed by atoms with Crippen LogP contribution < -0.4 is 5.32 Å². The predicted octanol–water partition coefficient (Wildman–Crippen LogP) is 4.24. The molecule has 0 amide bonds. The van der Waals surface area contributed by atoms with Crippen LogP contribution >= 0.6 is 27.5 Å². The number of benzene rings is 1. The molecular weight excluding hydrogens is 336 g/mol. The fourth-order valence-corrected chi connectivity index (χ4v) is 4.49. The van der Waals surface area contributed by atoms with Gasteiger partial charge in [0.15, 0.2) is 0 Å². The molecule has 1 aliphatic heterocycles. The van der Waals surface area contributed by atoms with E-state index in [4.69, 9.17) is 11.6 Å². The Morgan fingerprint density at radius 3 is 2.80 bits per heavy atom. The van der Waals surface area contributed by atoms with E-state index in [1.807, 2.05) is 12.1 Å². The van der Waals surface area contributed by atoms with Gasteiger partial charge in [-0.1, -0.05) is 33.6 Å². The molecule has 0 spiro atoms. The predicted molar refractivity (Wildman–Crippen MR) is 88.3 cm³/mol. The first-order valence-corrected chi connectivity index (χ1v) is 8.73. The first kappa shape index (κ1) is 14.8. The zero-order valence-electron chi connectivity index (χ0n) is 11.9. The number of nitrogens with one attached hydrogen (secondary N) is 1. The second-order valence-corrected chi connectivity index (χ2v) is 7.33. The molecule has 1 aromatic carbocycles. The first-order chi connectivity index (χ1) is 9.70. The minimum Gasteiger partial charge on any atom is -0.319 e. The van der Waals surface area contributed by atoms with Crippen LogP contribution in [0.4, 0.5) is 0 Å². The Morgan fingerprint density at radius 2 is 2.15 bits per heavy atom. The van der Waals surface area contributed by atoms with Crippen LogP contribution in [0.15, 0.2) is 22.7 Å². The molecule has 1 saturated carbocycles. The highest BCUT2D eigenvalue weighted by Gasteiger charge is 2.40. The van der Waals surface area contributed by atoms with Crippen LogP contribution in [-0.4, -0.2) is 31.1 Å². The first-order valence-electron chi connectivity index (χ1n) is 7.56. The van der Waals surface area contributed by atoms with Gasteiger partial charge in [0.25, 0.3) is 0 Å². The van der Waals surface area contributed by atoms with E-state index in [0.29, 0.717) is 12.0 Å². The van der Waals surface area contributed by atoms with Gasteiger partial charge in [-0.15, -0.1) is 0 Å². The summed E-state index contributed by atoms with van der Waals surface area (Å²) in [6.07, 6.45) is 5.37. The molecule has 0 aromatic heterocycles. The van der Waals surface area contributed by atoms with Gasteiger partial charge in [0, 0.05) is 21.6 Å². The highest BCUT2D eigenvalue weighted by atomic mass is 79.9. The topological polar surface area (TPSA) is 15.3 Å². The van der Waals surface area contributed by atoms with Crippen molar-refractivity contribution in [2.45, 2.75) is 37.8 Å². The summed E-state index contributed by atoms with van der Waals surface area (Å²) < 4.78 is 1.16. The minimum atomic E-state index is 0.523. The Labute approximate surface area is 135 Å². The van der Waals surface area contributed by atoms with E-state index >= 15 is 0 Å². The van der Waals surface area contributed by atoms with Gasteiger partial charge < -0.3 is 5.32 Å². The Morgan fingerprint density at radius 1 is 1.35 bits per heavy atom. The van der Waals surface area contributed by atoms with Crippen LogP contribution in [0.25, 0.3) is 0 Å². The average molecular weight is 358 g/mol. The number of hydrogen-bond acceptors (Lipinski definition) is 2. The van der Waals surface area contributed by atoms with Crippen LogP contribution in [0.1, 0.15) is 37.3 Å². The van der Waals surface area contributed by atoms with E-state index < -0.39 is 0 Å². The van der Waals surface area contributed by atoms with Crippen LogP contribution in [-0.2, 0) is 0 Å². The number of hydrogen-bond donors (Lipinski definition) is 1. The van der Waals surface area contributed by atoms with Crippen molar-refractivity contribution in [3.05, 3.63) is 33.3 Å². The van der Waals surface area contributed by atoms with E-state index in [1.54, 1.807) is 0 Å². The lowest BCUT2D eigenvalue weighted by atomic mass is 9.84. The largest absolute Gasteiger partial charge is 0.319 e. The highest BCUT2D eigenvalue weighted by molar-refractivity contribution is 9.10. The van der Waals surface area contributed by atoms with Crippen LogP contribution in [0, 0.1) is 5.92 Å². The number of nitrogens with zero attached hydrogens (tertiary/aromatic N) is 1. The summed E-state index contributed by atoms with van der Waals surface area (Å²) in [7, 11) is 2.06. The second kappa shape index (κ2) is 6.35. The van der Waals surface area contributed by atoms with Gasteiger partial charge in [-0.2, -0.15) is 0 Å². The van der Waals surface area contributed by atoms with Crippen molar-refractivity contribution in [3.8, 4) is 0 Å². The van der Waals surface area contributed by atoms with Gasteiger partial charge in [-0.3, -0.25) is 4.90 Å². The monoisotopic (exact) mass is 356 g/mol. The van der Waals surface area contributed by atoms with E-state index in [9.17, 15) is 0 Å². The summed E-state index contributed by atoms with van der Waals surface area (Å²) in [6.45, 7) is 2.33. The third kappa shape index (κ3) is 3.06. The van der Waals surface area contributed by atoms with Gasteiger partial charge in [-0.25, -0.2) is 0 Å². The minimum absolute atomic E-state index is 0.523. The summed E-state index contributed by atoms with van der Waals surface area (Å²) >= 11 is 9.84. The number of halogens is 2. The molecule has 1 saturated heterocycles. The quantitative estimate of drug-likeness (QED) is 0.867. The molecule has 2 atom stereocenters. The molecule has 0 bridgehead atoms. The zero-order valence-corrected chi connectivity index (χ0v) is 14.3. The van der Waals surface area contributed by atoms with Gasteiger partial charge >= 0.3 is 0 Å². The van der Waals surface area contributed by atoms with Gasteiger partial charge in [-0.05, 0) is 69.4 Å². The average Bonchev–Trinajstić information content (AvgIpc) is 3.24. The Bertz CT molecular complexity index is 474. The van der Waals surface area contributed by atoms with Gasteiger partial charge in [0.2, 0.25) is 0 Å². The summed E-state index contributed by atoms with van der Waals surface area (Å²) in [5, 5.41) is 4.19. The van der Waals surface area contributed by atoms with Crippen molar-refractivity contribution in [3.63, 3.8) is 0 Å². The molecule has 2 fully saturated rings. The van der Waals surface area contributed by atoms with E-state index in [1.165, 1.54) is 37.8 Å². The number of rotatable bonds is 4. The molecule has 2 unspecified atom stereocenters. The molecule has 3 rings (SSSR count). The second-order valence-electron chi connectivity index (χ2n) is 6.04. The molecule has 20 heavy (non-hydrogen) atoms. The van der Waals surface area contributed by atoms with Crippen molar-refractivity contribution < 1.29 is 0 Å². The molecular formula is C16H22BrClN2. The summed E-state index contributed by atoms with van der Waals surface area (Å²) in [6, 6.07) is 7.60. The molecule has 2 aliphatic rings. The maximum absolute atomic E-state index is 6.11. The van der Waals surface area contributed by atoms with E-state index in [0.717, 1.165) is 22.1 Å². The maximum atomic E-state index is 6.11. The molecule has 1 aliphatic carbocycles. The fourth-order valence-electron chi connectivity index (χ4n) is 3.57. The Balaban J connectivity index is 1.93. The molecule has 4 heteroatoms. The summed E-state index contributed by atoms with van der Waals surface area (Å²) in [5.41, 5.74) is 1.40. The van der Waals surface area contributed by atoms with Crippen molar-refractivity contribution in [1.29, 1.82) is 0 Å². The van der Waals surface area contributed by atoms with Gasteiger partial charge in [0.1, 0.15) is 0 Å². The number of likely N-dealkylation sites (tertiary alicyclic amines) is 1. The van der Waals surface area contributed by atoms with Crippen LogP contribution in [0.5, 0.6) is 0 Å². The molecule has 110 valence electrons. The Kier molecular flexibility index (Phi) is 4.71. The van der Waals surface area contributed by atoms with Crippen LogP contribution in [0.2, 0.25) is 5.02 Å². The zero-order chi connectivity index (χ0) is 14.1. The van der Waals surface area contributed by atoms with Crippen molar-refractivity contribution in [1.82, 2.24) is 10.2 Å². The van der Waals surface area contributed by atoms with E-state index in [-0.39, 0.29) is 0 Å². The lowest BCUT2D eigenvalue weighted by Gasteiger charge is -2.42.